The molecule has 121 heavy (non-hydrogen) atoms. The second-order valence-corrected chi connectivity index (χ2v) is 32.0. The van der Waals surface area contributed by atoms with Crippen molar-refractivity contribution in [3.05, 3.63) is 432 Å². The van der Waals surface area contributed by atoms with Crippen molar-refractivity contribution in [2.24, 2.45) is 0 Å². The summed E-state index contributed by atoms with van der Waals surface area (Å²) in [6.07, 6.45) is 0. The van der Waals surface area contributed by atoms with Gasteiger partial charge in [-0.15, -0.1) is 0 Å². The van der Waals surface area contributed by atoms with Crippen LogP contribution in [0.4, 0.5) is 45.5 Å². The molecule has 0 saturated heterocycles. The van der Waals surface area contributed by atoms with Gasteiger partial charge in [0.1, 0.15) is 45.4 Å². The maximum atomic E-state index is 6.61. The highest BCUT2D eigenvalue weighted by Gasteiger charge is 2.22. The average molecular weight is 1610 g/mol. The summed E-state index contributed by atoms with van der Waals surface area (Å²) >= 11 is 12.0. The van der Waals surface area contributed by atoms with Crippen LogP contribution in [0, 0.1) is 41.5 Å². The van der Waals surface area contributed by atoms with Crippen LogP contribution in [0.3, 0.4) is 0 Å². The summed E-state index contributed by atoms with van der Waals surface area (Å²) in [7, 11) is 0. The van der Waals surface area contributed by atoms with E-state index in [1.54, 1.807) is 0 Å². The molecule has 0 radical (unpaired) electrons. The lowest BCUT2D eigenvalue weighted by Gasteiger charge is -2.29. The van der Waals surface area contributed by atoms with Crippen molar-refractivity contribution in [1.29, 1.82) is 0 Å². The van der Waals surface area contributed by atoms with Gasteiger partial charge in [0.05, 0.1) is 0 Å². The number of benzene rings is 17. The van der Waals surface area contributed by atoms with Gasteiger partial charge in [-0.25, -0.2) is 0 Å². The Balaban J connectivity index is 0.000000153. The molecule has 7 nitrogen and oxygen atoms in total. The molecule has 4 aromatic heterocycles. The summed E-state index contributed by atoms with van der Waals surface area (Å²) in [5.41, 5.74) is 31.2. The maximum Gasteiger partial charge on any atom is 0.135 e. The summed E-state index contributed by atoms with van der Waals surface area (Å²) in [6.45, 7) is 13.0. The number of para-hydroxylation sites is 3. The zero-order valence-corrected chi connectivity index (χ0v) is 69.2. The molecule has 1 N–H and O–H groups in total. The number of nitrogens with zero attached hydrogens (tertiary/aromatic N) is 2. The number of fused-ring (bicyclic) bond motifs is 6. The number of nitrogens with one attached hydrogen (secondary N) is 1. The van der Waals surface area contributed by atoms with Gasteiger partial charge in [0, 0.05) is 99.3 Å². The van der Waals surface area contributed by atoms with Gasteiger partial charge in [0.25, 0.3) is 0 Å². The lowest BCUT2D eigenvalue weighted by molar-refractivity contribution is 0.631. The Morgan fingerprint density at radius 2 is 0.471 bits per heavy atom. The van der Waals surface area contributed by atoms with E-state index in [2.05, 4.69) is 390 Å². The van der Waals surface area contributed by atoms with E-state index >= 15 is 0 Å². The van der Waals surface area contributed by atoms with Crippen LogP contribution in [0.5, 0.6) is 0 Å². The average Bonchev–Trinajstić information content (AvgIpc) is 1.65. The van der Waals surface area contributed by atoms with Crippen molar-refractivity contribution in [2.75, 3.05) is 15.1 Å². The number of aryl methyl sites for hydroxylation is 6. The molecule has 0 aliphatic heterocycles. The molecule has 584 valence electrons. The minimum atomic E-state index is 0.709. The highest BCUT2D eigenvalue weighted by molar-refractivity contribution is 6.31. The quantitative estimate of drug-likeness (QED) is 0.110. The van der Waals surface area contributed by atoms with Crippen LogP contribution in [0.25, 0.3) is 144 Å². The summed E-state index contributed by atoms with van der Waals surface area (Å²) in [5.74, 6) is 3.31. The fraction of sp³-hybridized carbons (Fsp3) is 0.0536. The number of anilines is 8. The van der Waals surface area contributed by atoms with E-state index in [-0.39, 0.29) is 0 Å². The summed E-state index contributed by atoms with van der Waals surface area (Å²) in [5, 5.41) is 13.6. The smallest absolute Gasteiger partial charge is 0.135 e. The molecule has 0 aliphatic rings. The third kappa shape index (κ3) is 16.0. The second-order valence-electron chi connectivity index (χ2n) is 31.1. The van der Waals surface area contributed by atoms with Gasteiger partial charge in [-0.05, 0) is 354 Å². The molecule has 0 fully saturated rings. The number of furan rings is 4. The van der Waals surface area contributed by atoms with E-state index in [4.69, 9.17) is 40.9 Å². The van der Waals surface area contributed by atoms with Crippen LogP contribution < -0.4 is 15.1 Å². The Morgan fingerprint density at radius 3 is 0.793 bits per heavy atom. The van der Waals surface area contributed by atoms with Gasteiger partial charge in [0.2, 0.25) is 0 Å². The fourth-order valence-electron chi connectivity index (χ4n) is 16.3. The molecule has 0 unspecified atom stereocenters. The lowest BCUT2D eigenvalue weighted by atomic mass is 10.0. The van der Waals surface area contributed by atoms with Crippen molar-refractivity contribution >= 4 is 134 Å². The monoisotopic (exact) mass is 1600 g/mol. The number of hydrogen-bond donors (Lipinski definition) is 1. The zero-order chi connectivity index (χ0) is 82.2. The van der Waals surface area contributed by atoms with E-state index in [1.165, 1.54) is 66.8 Å². The van der Waals surface area contributed by atoms with Crippen LogP contribution in [0.1, 0.15) is 33.4 Å². The normalized spacial score (nSPS) is 11.3. The predicted molar refractivity (Wildman–Crippen MR) is 509 cm³/mol. The molecule has 0 amide bonds. The Bertz CT molecular complexity index is 6870. The molecule has 0 aliphatic carbocycles. The van der Waals surface area contributed by atoms with Crippen LogP contribution in [-0.2, 0) is 0 Å². The Kier molecular flexibility index (Phi) is 20.9. The molecule has 21 rings (SSSR count). The van der Waals surface area contributed by atoms with E-state index < -0.39 is 0 Å². The first-order valence-electron chi connectivity index (χ1n) is 40.7. The number of rotatable bonds is 15. The highest BCUT2D eigenvalue weighted by Crippen LogP contribution is 2.46. The van der Waals surface area contributed by atoms with Crippen LogP contribution >= 0.6 is 23.2 Å². The highest BCUT2D eigenvalue weighted by atomic mass is 35.5. The Morgan fingerprint density at radius 1 is 0.198 bits per heavy atom. The summed E-state index contributed by atoms with van der Waals surface area (Å²) in [4.78, 5) is 4.72. The van der Waals surface area contributed by atoms with Gasteiger partial charge in [-0.2, -0.15) is 0 Å². The molecule has 4 heterocycles. The molecule has 0 saturated carbocycles. The number of hydrogen-bond acceptors (Lipinski definition) is 7. The molecular weight excluding hydrogens is 1520 g/mol. The molecule has 21 aromatic rings. The minimum absolute atomic E-state index is 0.709. The summed E-state index contributed by atoms with van der Waals surface area (Å²) in [6, 6.07) is 135. The Labute approximate surface area is 713 Å². The van der Waals surface area contributed by atoms with Crippen LogP contribution in [0.2, 0.25) is 10.0 Å². The van der Waals surface area contributed by atoms with Crippen LogP contribution in [-0.4, -0.2) is 0 Å². The van der Waals surface area contributed by atoms with Crippen molar-refractivity contribution < 1.29 is 17.7 Å². The van der Waals surface area contributed by atoms with Gasteiger partial charge < -0.3 is 32.8 Å². The minimum Gasteiger partial charge on any atom is -0.456 e. The maximum absolute atomic E-state index is 6.61. The number of halogens is 2. The van der Waals surface area contributed by atoms with E-state index in [9.17, 15) is 0 Å². The van der Waals surface area contributed by atoms with Gasteiger partial charge in [0.15, 0.2) is 0 Å². The first kappa shape index (κ1) is 76.4. The van der Waals surface area contributed by atoms with Gasteiger partial charge in [-0.1, -0.05) is 187 Å². The van der Waals surface area contributed by atoms with E-state index in [1.807, 2.05) is 54.6 Å². The molecule has 0 spiro atoms. The zero-order valence-electron chi connectivity index (χ0n) is 67.7. The predicted octanol–water partition coefficient (Wildman–Crippen LogP) is 33.9. The third-order valence-electron chi connectivity index (χ3n) is 22.8. The third-order valence-corrected chi connectivity index (χ3v) is 23.4. The summed E-state index contributed by atoms with van der Waals surface area (Å²) < 4.78 is 25.5. The van der Waals surface area contributed by atoms with E-state index in [0.717, 1.165) is 156 Å². The standard InChI is InChI=1S/C66H50N2O2.C26H14Cl2O2.C20H19N/c1-43-15-11-13-21-59(43)67(61-33-27-51(35-45(61)3)47-17-7-5-8-18-47)57-29-23-49(24-30-57)63-41-55-37-53-40-66-56(38-54(53)39-65(55)69-63)42-64(70-66)50-25-31-58(32-26-50)68(60-22-14-12-16-44(60)2)62-34-28-52(36-46(62)4)48-19-9-6-10-20-48;27-21-5-1-15(2-6-21)23-13-19-9-17-12-26-20(10-18(17)11-25(19)29-23)14-24(30-26)16-3-7-22(28)8-4-16;1-15-8-6-7-11-19(15)21-20-13-12-18(14-16(20)2)17-9-4-3-5-10-17/h5-42H,1-4H3;1-14H;3-14,21H,1-2H3. The second kappa shape index (κ2) is 33.1. The molecule has 0 atom stereocenters. The molecule has 9 heteroatoms. The van der Waals surface area contributed by atoms with Gasteiger partial charge >= 0.3 is 0 Å². The lowest BCUT2D eigenvalue weighted by Crippen LogP contribution is -2.12. The van der Waals surface area contributed by atoms with E-state index in [0.29, 0.717) is 10.0 Å². The van der Waals surface area contributed by atoms with Gasteiger partial charge in [-0.3, -0.25) is 0 Å². The largest absolute Gasteiger partial charge is 0.456 e. The fourth-order valence-corrected chi connectivity index (χ4v) is 16.6. The first-order chi connectivity index (χ1) is 59.2. The van der Waals surface area contributed by atoms with Crippen molar-refractivity contribution in [2.45, 2.75) is 41.5 Å². The Hall–Kier alpha value is -14.6. The molecule has 0 bridgehead atoms. The van der Waals surface area contributed by atoms with Crippen molar-refractivity contribution in [3.63, 3.8) is 0 Å². The first-order valence-corrected chi connectivity index (χ1v) is 41.5. The topological polar surface area (TPSA) is 71.1 Å². The molecule has 17 aromatic carbocycles. The van der Waals surface area contributed by atoms with Crippen molar-refractivity contribution in [1.82, 2.24) is 0 Å². The van der Waals surface area contributed by atoms with Crippen LogP contribution in [0.15, 0.2) is 406 Å². The van der Waals surface area contributed by atoms with Crippen molar-refractivity contribution in [3.8, 4) is 78.7 Å². The molecular formula is C112H83Cl2N3O4. The SMILES string of the molecule is Cc1ccccc1N(c1ccc(-c2cc3cc4cc5oc(-c6ccc(N(c7ccccc7C)c7ccc(-c8ccccc8)cc7C)cc6)cc5cc4cc3o2)cc1)c1ccc(-c2ccccc2)cc1C.Cc1ccccc1Nc1ccc(-c2ccccc2)cc1C.Clc1ccc(-c2cc3cc4cc5oc(-c6ccc(Cl)cc6)cc5cc4cc3o2)cc1.